The van der Waals surface area contributed by atoms with Gasteiger partial charge in [-0.05, 0) is 96.5 Å². The molecule has 4 amide bonds. The van der Waals surface area contributed by atoms with E-state index < -0.39 is 24.3 Å². The summed E-state index contributed by atoms with van der Waals surface area (Å²) >= 11 is 0. The van der Waals surface area contributed by atoms with Gasteiger partial charge in [0.05, 0.1) is 61.6 Å². The first-order valence-corrected chi connectivity index (χ1v) is 24.1. The minimum absolute atomic E-state index is 0.154. The van der Waals surface area contributed by atoms with Gasteiger partial charge in [-0.25, -0.2) is 19.6 Å². The molecule has 2 aromatic heterocycles. The van der Waals surface area contributed by atoms with Crippen LogP contribution in [0.3, 0.4) is 0 Å². The maximum atomic E-state index is 14.3. The number of hydrogen-bond donors (Lipinski definition) is 4. The summed E-state index contributed by atoms with van der Waals surface area (Å²) in [4.78, 5) is 74.7. The van der Waals surface area contributed by atoms with Crippen LogP contribution >= 0.6 is 0 Å². The molecule has 6 atom stereocenters. The van der Waals surface area contributed by atoms with E-state index in [1.165, 1.54) is 14.2 Å². The molecule has 2 spiro atoms. The van der Waals surface area contributed by atoms with Crippen molar-refractivity contribution in [1.82, 2.24) is 40.4 Å². The predicted octanol–water partition coefficient (Wildman–Crippen LogP) is 8.31. The Morgan fingerprint density at radius 3 is 1.44 bits per heavy atom. The van der Waals surface area contributed by atoms with E-state index in [9.17, 15) is 19.2 Å². The molecule has 4 aliphatic rings. The van der Waals surface area contributed by atoms with E-state index in [0.29, 0.717) is 52.4 Å². The SMILES string of the molecule is COC(=O)N[C@H](C(=O)N1C[C@]2(CCCOC2)C[C@H]1c1nc2ccc3cc(-c4ccc5c(ccc6nc([C@@H]7C[C@@]8(CCCOC8)CN7C(=O)[C@@H](NC(=O)OC)C(C)C)[nH]c65)c4)ccc3c2[nH]1)C(C)C. The van der Waals surface area contributed by atoms with E-state index in [0.717, 1.165) is 92.1 Å². The van der Waals surface area contributed by atoms with Crippen LogP contribution in [0.25, 0.3) is 54.7 Å². The van der Waals surface area contributed by atoms with E-state index in [4.69, 9.17) is 28.9 Å². The van der Waals surface area contributed by atoms with Crippen LogP contribution in [0.2, 0.25) is 0 Å². The Hall–Kier alpha value is -6.26. The van der Waals surface area contributed by atoms with Crippen molar-refractivity contribution in [3.63, 3.8) is 0 Å². The number of rotatable bonds is 9. The van der Waals surface area contributed by atoms with Crippen LogP contribution in [-0.4, -0.2) is 120 Å². The Morgan fingerprint density at radius 2 is 1.07 bits per heavy atom. The quantitative estimate of drug-likeness (QED) is 0.110. The molecule has 10 rings (SSSR count). The highest BCUT2D eigenvalue weighted by molar-refractivity contribution is 6.07. The van der Waals surface area contributed by atoms with Gasteiger partial charge in [0.15, 0.2) is 0 Å². The molecule has 0 aliphatic carbocycles. The van der Waals surface area contributed by atoms with E-state index in [2.05, 4.69) is 69.1 Å². The summed E-state index contributed by atoms with van der Waals surface area (Å²) in [6, 6.07) is 19.1. The maximum Gasteiger partial charge on any atom is 0.407 e. The highest BCUT2D eigenvalue weighted by Gasteiger charge is 2.51. The number of likely N-dealkylation sites (tertiary alicyclic amines) is 2. The summed E-state index contributed by atoms with van der Waals surface area (Å²) in [6.45, 7) is 11.3. The Labute approximate surface area is 395 Å². The number of nitrogens with zero attached hydrogens (tertiary/aromatic N) is 4. The van der Waals surface area contributed by atoms with Crippen LogP contribution in [-0.2, 0) is 28.5 Å². The molecule has 0 bridgehead atoms. The van der Waals surface area contributed by atoms with Gasteiger partial charge in [0.25, 0.3) is 0 Å². The fourth-order valence-electron chi connectivity index (χ4n) is 11.5. The molecule has 0 unspecified atom stereocenters. The van der Waals surface area contributed by atoms with Crippen LogP contribution in [0.5, 0.6) is 0 Å². The third kappa shape index (κ3) is 8.28. The maximum absolute atomic E-state index is 14.3. The second kappa shape index (κ2) is 18.0. The number of aromatic amines is 2. The monoisotopic (exact) mass is 926 g/mol. The molecule has 0 radical (unpaired) electrons. The number of hydrogen-bond acceptors (Lipinski definition) is 10. The van der Waals surface area contributed by atoms with Gasteiger partial charge in [0.2, 0.25) is 11.8 Å². The van der Waals surface area contributed by atoms with Crippen LogP contribution in [0.15, 0.2) is 60.7 Å². The fraction of sp³-hybridized carbons (Fsp3) is 0.500. The van der Waals surface area contributed by atoms with Gasteiger partial charge in [-0.2, -0.15) is 0 Å². The van der Waals surface area contributed by atoms with Crippen molar-refractivity contribution in [2.75, 3.05) is 53.7 Å². The number of methoxy groups -OCH3 is 2. The summed E-state index contributed by atoms with van der Waals surface area (Å²) < 4.78 is 21.8. The van der Waals surface area contributed by atoms with E-state index in [1.54, 1.807) is 0 Å². The molecular weight excluding hydrogens is 865 g/mol. The number of alkyl carbamates (subject to hydrolysis) is 2. The Bertz CT molecular complexity index is 2720. The summed E-state index contributed by atoms with van der Waals surface area (Å²) in [7, 11) is 2.61. The predicted molar refractivity (Wildman–Crippen MR) is 258 cm³/mol. The number of aromatic nitrogens is 4. The number of carbonyl (C=O) groups is 4. The lowest BCUT2D eigenvalue weighted by atomic mass is 9.80. The number of ether oxygens (including phenoxy) is 4. The smallest absolute Gasteiger partial charge is 0.407 e. The van der Waals surface area contributed by atoms with Gasteiger partial charge in [-0.3, -0.25) is 9.59 Å². The first-order valence-electron chi connectivity index (χ1n) is 24.1. The van der Waals surface area contributed by atoms with Gasteiger partial charge in [0, 0.05) is 47.9 Å². The third-order valence-corrected chi connectivity index (χ3v) is 15.1. The summed E-state index contributed by atoms with van der Waals surface area (Å²) in [5, 5.41) is 9.72. The van der Waals surface area contributed by atoms with Gasteiger partial charge in [-0.15, -0.1) is 0 Å². The van der Waals surface area contributed by atoms with Crippen molar-refractivity contribution in [2.24, 2.45) is 22.7 Å². The van der Waals surface area contributed by atoms with Crippen LogP contribution in [0.1, 0.15) is 90.0 Å². The number of H-pyrrole nitrogens is 2. The van der Waals surface area contributed by atoms with Crippen molar-refractivity contribution in [2.45, 2.75) is 90.4 Å². The largest absolute Gasteiger partial charge is 0.453 e. The zero-order valence-electron chi connectivity index (χ0n) is 39.8. The molecule has 4 aromatic carbocycles. The van der Waals surface area contributed by atoms with Crippen LogP contribution in [0, 0.1) is 22.7 Å². The van der Waals surface area contributed by atoms with Crippen LogP contribution in [0.4, 0.5) is 9.59 Å². The highest BCUT2D eigenvalue weighted by Crippen LogP contribution is 2.49. The molecule has 6 heterocycles. The number of benzene rings is 4. The average Bonchev–Trinajstić information content (AvgIpc) is 4.15. The lowest BCUT2D eigenvalue weighted by molar-refractivity contribution is -0.137. The summed E-state index contributed by atoms with van der Waals surface area (Å²) in [5.74, 6) is 0.826. The standard InChI is InChI=1S/C52H62N8O8/c1-29(2)41(57-49(63)65-5)47(61)59-25-51(17-7-19-67-27-51)23-39(59)45-53-37-15-11-33-21-31(9-13-35(33)43(37)55-45)32-10-14-36-34(22-32)12-16-38-44(36)56-46(54-38)40-24-52(18-8-20-68-28-52)26-60(40)48(62)42(30(3)4)58-50(64)66-6/h9-16,21-22,29-30,39-42H,7-8,17-20,23-28H2,1-6H3,(H,53,55)(H,54,56)(H,57,63)(H,58,64)/t39-,40-,41-,42-,51-,52-/m0/s1. The topological polar surface area (TPSA) is 193 Å². The minimum atomic E-state index is -0.752. The Kier molecular flexibility index (Phi) is 12.0. The van der Waals surface area contributed by atoms with Crippen molar-refractivity contribution in [3.8, 4) is 11.1 Å². The molecule has 6 aromatic rings. The van der Waals surface area contributed by atoms with Crippen molar-refractivity contribution in [3.05, 3.63) is 72.3 Å². The number of amides is 4. The lowest BCUT2D eigenvalue weighted by Crippen LogP contribution is -2.51. The molecule has 358 valence electrons. The summed E-state index contributed by atoms with van der Waals surface area (Å²) in [6.07, 6.45) is 3.92. The van der Waals surface area contributed by atoms with Crippen molar-refractivity contribution >= 4 is 67.6 Å². The van der Waals surface area contributed by atoms with Gasteiger partial charge >= 0.3 is 12.2 Å². The molecule has 4 aliphatic heterocycles. The number of fused-ring (bicyclic) bond motifs is 6. The second-order valence-corrected chi connectivity index (χ2v) is 20.4. The van der Waals surface area contributed by atoms with E-state index in [-0.39, 0.29) is 46.6 Å². The van der Waals surface area contributed by atoms with Crippen LogP contribution < -0.4 is 10.6 Å². The van der Waals surface area contributed by atoms with E-state index >= 15 is 0 Å². The molecule has 68 heavy (non-hydrogen) atoms. The van der Waals surface area contributed by atoms with Gasteiger partial charge in [-0.1, -0.05) is 64.1 Å². The first kappa shape index (κ1) is 45.5. The zero-order chi connectivity index (χ0) is 47.5. The number of carbonyl (C=O) groups excluding carboxylic acids is 4. The first-order chi connectivity index (χ1) is 32.8. The van der Waals surface area contributed by atoms with Gasteiger partial charge < -0.3 is 49.3 Å². The fourth-order valence-corrected chi connectivity index (χ4v) is 11.5. The molecule has 16 nitrogen and oxygen atoms in total. The Morgan fingerprint density at radius 1 is 0.647 bits per heavy atom. The second-order valence-electron chi connectivity index (χ2n) is 20.4. The average molecular weight is 927 g/mol. The number of imidazole rings is 2. The molecule has 16 heteroatoms. The molecule has 0 saturated carbocycles. The van der Waals surface area contributed by atoms with Crippen molar-refractivity contribution in [1.29, 1.82) is 0 Å². The van der Waals surface area contributed by atoms with E-state index in [1.807, 2.05) is 49.6 Å². The highest BCUT2D eigenvalue weighted by atomic mass is 16.5. The number of nitrogens with one attached hydrogen (secondary N) is 4. The molecular formula is C52H62N8O8. The normalized spacial score (nSPS) is 23.9. The zero-order valence-corrected chi connectivity index (χ0v) is 39.8. The Balaban J connectivity index is 0.943. The minimum Gasteiger partial charge on any atom is -0.453 e. The van der Waals surface area contributed by atoms with Crippen molar-refractivity contribution < 1.29 is 38.1 Å². The lowest BCUT2D eigenvalue weighted by Gasteiger charge is -2.33. The third-order valence-electron chi connectivity index (χ3n) is 15.1. The molecule has 4 N–H and O–H groups in total. The molecule has 4 fully saturated rings. The van der Waals surface area contributed by atoms with Gasteiger partial charge in [0.1, 0.15) is 23.7 Å². The molecule has 4 saturated heterocycles. The summed E-state index contributed by atoms with van der Waals surface area (Å²) in [5.41, 5.74) is 5.20.